The zero-order chi connectivity index (χ0) is 15.3. The van der Waals surface area contributed by atoms with E-state index >= 15 is 0 Å². The van der Waals surface area contributed by atoms with Crippen LogP contribution < -0.4 is 4.74 Å². The molecule has 1 amide bonds. The average molecular weight is 279 g/mol. The van der Waals surface area contributed by atoms with Crippen LogP contribution in [0.25, 0.3) is 0 Å². The summed E-state index contributed by atoms with van der Waals surface area (Å²) in [5.41, 5.74) is 0.0460. The molecule has 0 spiro atoms. The zero-order valence-electron chi connectivity index (χ0n) is 12.3. The van der Waals surface area contributed by atoms with Gasteiger partial charge in [0.1, 0.15) is 12.3 Å². The second-order valence-corrected chi connectivity index (χ2v) is 5.07. The van der Waals surface area contributed by atoms with Gasteiger partial charge in [0.25, 0.3) is 0 Å². The predicted octanol–water partition coefficient (Wildman–Crippen LogP) is 1.91. The molecule has 0 unspecified atom stereocenters. The minimum atomic E-state index is -1.01. The molecule has 0 saturated carbocycles. The van der Waals surface area contributed by atoms with Crippen LogP contribution in [0, 0.1) is 0 Å². The summed E-state index contributed by atoms with van der Waals surface area (Å²) in [6.07, 6.45) is 0. The van der Waals surface area contributed by atoms with Crippen LogP contribution in [0.2, 0.25) is 0 Å². The fourth-order valence-corrected chi connectivity index (χ4v) is 2.02. The number of carboxylic acids is 1. The van der Waals surface area contributed by atoms with Crippen molar-refractivity contribution >= 4 is 11.9 Å². The second-order valence-electron chi connectivity index (χ2n) is 5.07. The molecule has 5 nitrogen and oxygen atoms in total. The Hall–Kier alpha value is -2.04. The van der Waals surface area contributed by atoms with Crippen molar-refractivity contribution in [3.63, 3.8) is 0 Å². The smallest absolute Gasteiger partial charge is 0.323 e. The minimum absolute atomic E-state index is 0.201. The minimum Gasteiger partial charge on any atom is -0.497 e. The Balaban J connectivity index is 3.00. The van der Waals surface area contributed by atoms with Gasteiger partial charge in [0.15, 0.2) is 0 Å². The van der Waals surface area contributed by atoms with Gasteiger partial charge in [-0.3, -0.25) is 9.59 Å². The molecule has 0 saturated heterocycles. The first kappa shape index (κ1) is 16.0. The fraction of sp³-hybridized carbons (Fsp3) is 0.467. The van der Waals surface area contributed by atoms with Crippen molar-refractivity contribution in [3.05, 3.63) is 29.8 Å². The molecule has 0 fully saturated rings. The number of carbonyl (C=O) groups is 2. The third-order valence-electron chi connectivity index (χ3n) is 3.34. The first-order valence-electron chi connectivity index (χ1n) is 6.48. The van der Waals surface area contributed by atoms with Gasteiger partial charge < -0.3 is 14.7 Å². The van der Waals surface area contributed by atoms with Crippen LogP contribution in [-0.4, -0.2) is 42.1 Å². The third kappa shape index (κ3) is 3.50. The highest BCUT2D eigenvalue weighted by Gasteiger charge is 2.33. The summed E-state index contributed by atoms with van der Waals surface area (Å²) in [5, 5.41) is 8.86. The lowest BCUT2D eigenvalue weighted by Gasteiger charge is -2.30. The molecular formula is C15H21NO4. The van der Waals surface area contributed by atoms with E-state index in [1.807, 2.05) is 12.1 Å². The fourth-order valence-electron chi connectivity index (χ4n) is 2.02. The maximum atomic E-state index is 12.5. The van der Waals surface area contributed by atoms with Crippen LogP contribution in [0.4, 0.5) is 0 Å². The summed E-state index contributed by atoms with van der Waals surface area (Å²) in [4.78, 5) is 24.7. The number of methoxy groups -OCH3 is 1. The maximum absolute atomic E-state index is 12.5. The Morgan fingerprint density at radius 2 is 1.80 bits per heavy atom. The van der Waals surface area contributed by atoms with E-state index < -0.39 is 11.4 Å². The Bertz CT molecular complexity index is 479. The van der Waals surface area contributed by atoms with E-state index in [0.29, 0.717) is 6.54 Å². The van der Waals surface area contributed by atoms with Gasteiger partial charge in [-0.1, -0.05) is 12.1 Å². The molecule has 0 aromatic heterocycles. The molecular weight excluding hydrogens is 258 g/mol. The highest BCUT2D eigenvalue weighted by Crippen LogP contribution is 2.27. The normalized spacial score (nSPS) is 11.0. The highest BCUT2D eigenvalue weighted by atomic mass is 16.5. The zero-order valence-corrected chi connectivity index (χ0v) is 12.3. The third-order valence-corrected chi connectivity index (χ3v) is 3.34. The van der Waals surface area contributed by atoms with E-state index in [-0.39, 0.29) is 12.5 Å². The van der Waals surface area contributed by atoms with Crippen LogP contribution in [-0.2, 0) is 15.0 Å². The standard InChI is InChI=1S/C15H21NO4/c1-5-16(10-13(17)18)14(19)15(2,3)11-6-8-12(20-4)9-7-11/h6-9H,5,10H2,1-4H3,(H,17,18). The molecule has 0 heterocycles. The number of hydrogen-bond acceptors (Lipinski definition) is 3. The van der Waals surface area contributed by atoms with Crippen LogP contribution in [0.15, 0.2) is 24.3 Å². The van der Waals surface area contributed by atoms with Crippen LogP contribution in [0.3, 0.4) is 0 Å². The SMILES string of the molecule is CCN(CC(=O)O)C(=O)C(C)(C)c1ccc(OC)cc1. The summed E-state index contributed by atoms with van der Waals surface area (Å²) in [6, 6.07) is 7.23. The van der Waals surface area contributed by atoms with Crippen LogP contribution in [0.1, 0.15) is 26.3 Å². The predicted molar refractivity (Wildman–Crippen MR) is 75.9 cm³/mol. The van der Waals surface area contributed by atoms with Gasteiger partial charge in [-0.15, -0.1) is 0 Å². The summed E-state index contributed by atoms with van der Waals surface area (Å²) >= 11 is 0. The van der Waals surface area contributed by atoms with Gasteiger partial charge >= 0.3 is 5.97 Å². The average Bonchev–Trinajstić information content (AvgIpc) is 2.43. The lowest BCUT2D eigenvalue weighted by atomic mass is 9.83. The van der Waals surface area contributed by atoms with Gasteiger partial charge in [0.05, 0.1) is 12.5 Å². The molecule has 1 aromatic carbocycles. The molecule has 0 radical (unpaired) electrons. The lowest BCUT2D eigenvalue weighted by molar-refractivity contribution is -0.146. The Kier molecular flexibility index (Phi) is 5.13. The molecule has 0 aliphatic heterocycles. The van der Waals surface area contributed by atoms with Gasteiger partial charge in [-0.05, 0) is 38.5 Å². The molecule has 1 N–H and O–H groups in total. The van der Waals surface area contributed by atoms with Crippen molar-refractivity contribution in [2.45, 2.75) is 26.2 Å². The van der Waals surface area contributed by atoms with Crippen molar-refractivity contribution in [3.8, 4) is 5.75 Å². The number of amides is 1. The Morgan fingerprint density at radius 3 is 2.20 bits per heavy atom. The van der Waals surface area contributed by atoms with Crippen molar-refractivity contribution in [1.29, 1.82) is 0 Å². The summed E-state index contributed by atoms with van der Waals surface area (Å²) < 4.78 is 5.09. The molecule has 0 bridgehead atoms. The number of benzene rings is 1. The maximum Gasteiger partial charge on any atom is 0.323 e. The van der Waals surface area contributed by atoms with Crippen LogP contribution in [0.5, 0.6) is 5.75 Å². The van der Waals surface area contributed by atoms with Crippen molar-refractivity contribution in [2.24, 2.45) is 0 Å². The number of carbonyl (C=O) groups excluding carboxylic acids is 1. The van der Waals surface area contributed by atoms with E-state index in [1.54, 1.807) is 40.0 Å². The number of nitrogens with zero attached hydrogens (tertiary/aromatic N) is 1. The van der Waals surface area contributed by atoms with Gasteiger partial charge in [-0.2, -0.15) is 0 Å². The van der Waals surface area contributed by atoms with E-state index in [9.17, 15) is 9.59 Å². The Morgan fingerprint density at radius 1 is 1.25 bits per heavy atom. The molecule has 5 heteroatoms. The number of ether oxygens (including phenoxy) is 1. The van der Waals surface area contributed by atoms with Crippen molar-refractivity contribution in [1.82, 2.24) is 4.90 Å². The van der Waals surface area contributed by atoms with E-state index in [0.717, 1.165) is 11.3 Å². The summed E-state index contributed by atoms with van der Waals surface area (Å²) in [6.45, 7) is 5.44. The van der Waals surface area contributed by atoms with Crippen molar-refractivity contribution in [2.75, 3.05) is 20.2 Å². The van der Waals surface area contributed by atoms with Crippen LogP contribution >= 0.6 is 0 Å². The first-order chi connectivity index (χ1) is 9.32. The molecule has 110 valence electrons. The molecule has 0 aliphatic carbocycles. The molecule has 0 aliphatic rings. The number of hydrogen-bond donors (Lipinski definition) is 1. The highest BCUT2D eigenvalue weighted by molar-refractivity contribution is 5.89. The molecule has 1 aromatic rings. The summed E-state index contributed by atoms with van der Waals surface area (Å²) in [7, 11) is 1.58. The van der Waals surface area contributed by atoms with Gasteiger partial charge in [0.2, 0.25) is 5.91 Å². The van der Waals surface area contributed by atoms with Crippen molar-refractivity contribution < 1.29 is 19.4 Å². The number of carboxylic acid groups (broad SMARTS) is 1. The molecule has 20 heavy (non-hydrogen) atoms. The van der Waals surface area contributed by atoms with E-state index in [2.05, 4.69) is 0 Å². The quantitative estimate of drug-likeness (QED) is 0.863. The van der Waals surface area contributed by atoms with Gasteiger partial charge in [0, 0.05) is 6.54 Å². The molecule has 1 rings (SSSR count). The topological polar surface area (TPSA) is 66.8 Å². The summed E-state index contributed by atoms with van der Waals surface area (Å²) in [5.74, 6) is -0.492. The lowest BCUT2D eigenvalue weighted by Crippen LogP contribution is -2.45. The largest absolute Gasteiger partial charge is 0.497 e. The monoisotopic (exact) mass is 279 g/mol. The second kappa shape index (κ2) is 6.41. The number of likely N-dealkylation sites (N-methyl/N-ethyl adjacent to an activating group) is 1. The van der Waals surface area contributed by atoms with E-state index in [1.165, 1.54) is 4.90 Å². The van der Waals surface area contributed by atoms with Gasteiger partial charge in [-0.25, -0.2) is 0 Å². The molecule has 0 atom stereocenters. The number of rotatable bonds is 6. The first-order valence-corrected chi connectivity index (χ1v) is 6.48. The van der Waals surface area contributed by atoms with E-state index in [4.69, 9.17) is 9.84 Å². The Labute approximate surface area is 119 Å². The number of aliphatic carboxylic acids is 1.